The number of carboxylic acids is 1. The maximum Gasteiger partial charge on any atom is 0.331 e. The summed E-state index contributed by atoms with van der Waals surface area (Å²) in [7, 11) is 0. The number of benzene rings is 2. The molecule has 3 aromatic rings. The van der Waals surface area contributed by atoms with E-state index in [1.54, 1.807) is 23.6 Å². The van der Waals surface area contributed by atoms with Crippen LogP contribution in [-0.2, 0) is 16.1 Å². The van der Waals surface area contributed by atoms with E-state index >= 15 is 4.39 Å². The van der Waals surface area contributed by atoms with Crippen LogP contribution >= 0.6 is 34.5 Å². The number of carbonyl (C=O) groups excluding carboxylic acids is 1. The molecule has 0 aliphatic rings. The highest BCUT2D eigenvalue weighted by atomic mass is 35.5. The molecule has 41 heavy (non-hydrogen) atoms. The van der Waals surface area contributed by atoms with Crippen molar-refractivity contribution in [1.82, 2.24) is 4.98 Å². The van der Waals surface area contributed by atoms with Crippen LogP contribution in [0, 0.1) is 5.82 Å². The van der Waals surface area contributed by atoms with E-state index in [4.69, 9.17) is 33.0 Å². The Bertz CT molecular complexity index is 1350. The summed E-state index contributed by atoms with van der Waals surface area (Å²) in [6, 6.07) is 7.90. The van der Waals surface area contributed by atoms with Crippen LogP contribution in [-0.4, -0.2) is 28.6 Å². The van der Waals surface area contributed by atoms with Crippen molar-refractivity contribution in [3.05, 3.63) is 73.8 Å². The SMILES string of the molecule is CCCCCCCCCCOCc1cccc(-c2csc(NC(=O)c3cc(Cl)c(C=C(C)C(=O)O)c(Cl)c3)n2)c1F. The fourth-order valence-electron chi connectivity index (χ4n) is 4.16. The molecule has 0 bridgehead atoms. The molecule has 220 valence electrons. The molecule has 0 fully saturated rings. The van der Waals surface area contributed by atoms with E-state index in [0.29, 0.717) is 29.0 Å². The van der Waals surface area contributed by atoms with Crippen molar-refractivity contribution in [2.75, 3.05) is 11.9 Å². The first-order valence-electron chi connectivity index (χ1n) is 13.7. The van der Waals surface area contributed by atoms with Crippen LogP contribution < -0.4 is 5.32 Å². The van der Waals surface area contributed by atoms with Gasteiger partial charge in [-0.25, -0.2) is 14.2 Å². The molecule has 0 atom stereocenters. The molecule has 3 rings (SSSR count). The third-order valence-electron chi connectivity index (χ3n) is 6.52. The van der Waals surface area contributed by atoms with Crippen LogP contribution in [0.15, 0.2) is 41.3 Å². The summed E-state index contributed by atoms with van der Waals surface area (Å²) in [4.78, 5) is 28.3. The second kappa shape index (κ2) is 16.6. The highest BCUT2D eigenvalue weighted by molar-refractivity contribution is 7.14. The zero-order valence-electron chi connectivity index (χ0n) is 23.3. The lowest BCUT2D eigenvalue weighted by Crippen LogP contribution is -2.12. The van der Waals surface area contributed by atoms with Gasteiger partial charge in [0, 0.05) is 39.8 Å². The topological polar surface area (TPSA) is 88.5 Å². The van der Waals surface area contributed by atoms with E-state index in [0.717, 1.165) is 24.2 Å². The first kappa shape index (κ1) is 32.7. The zero-order chi connectivity index (χ0) is 29.8. The van der Waals surface area contributed by atoms with Gasteiger partial charge in [0.1, 0.15) is 5.82 Å². The molecule has 6 nitrogen and oxygen atoms in total. The third kappa shape index (κ3) is 9.92. The number of nitrogens with zero attached hydrogens (tertiary/aromatic N) is 1. The molecule has 1 heterocycles. The average Bonchev–Trinajstić information content (AvgIpc) is 3.40. The number of thiazole rings is 1. The Morgan fingerprint density at radius 2 is 1.73 bits per heavy atom. The summed E-state index contributed by atoms with van der Waals surface area (Å²) in [5.74, 6) is -2.01. The van der Waals surface area contributed by atoms with Crippen LogP contribution in [0.5, 0.6) is 0 Å². The highest BCUT2D eigenvalue weighted by Crippen LogP contribution is 2.31. The van der Waals surface area contributed by atoms with Crippen molar-refractivity contribution in [1.29, 1.82) is 0 Å². The van der Waals surface area contributed by atoms with Crippen LogP contribution in [0.1, 0.15) is 86.7 Å². The first-order valence-corrected chi connectivity index (χ1v) is 15.4. The molecule has 0 aliphatic carbocycles. The maximum absolute atomic E-state index is 15.3. The number of anilines is 1. The molecule has 1 aromatic heterocycles. The van der Waals surface area contributed by atoms with Crippen molar-refractivity contribution in [3.63, 3.8) is 0 Å². The Morgan fingerprint density at radius 3 is 2.39 bits per heavy atom. The van der Waals surface area contributed by atoms with Crippen molar-refractivity contribution in [2.45, 2.75) is 71.8 Å². The number of rotatable bonds is 16. The van der Waals surface area contributed by atoms with Gasteiger partial charge in [0.05, 0.1) is 22.3 Å². The number of carboxylic acid groups (broad SMARTS) is 1. The second-order valence-electron chi connectivity index (χ2n) is 9.78. The van der Waals surface area contributed by atoms with Crippen molar-refractivity contribution < 1.29 is 23.8 Å². The Hall–Kier alpha value is -2.78. The molecule has 0 spiro atoms. The summed E-state index contributed by atoms with van der Waals surface area (Å²) in [6.45, 7) is 4.41. The van der Waals surface area contributed by atoms with Crippen molar-refractivity contribution in [3.8, 4) is 11.3 Å². The number of aliphatic carboxylic acids is 1. The number of ether oxygens (including phenoxy) is 1. The van der Waals surface area contributed by atoms with E-state index in [1.165, 1.54) is 63.7 Å². The predicted octanol–water partition coefficient (Wildman–Crippen LogP) is 9.65. The number of aromatic nitrogens is 1. The number of carbonyl (C=O) groups is 2. The van der Waals surface area contributed by atoms with E-state index < -0.39 is 17.7 Å². The predicted molar refractivity (Wildman–Crippen MR) is 165 cm³/mol. The van der Waals surface area contributed by atoms with Crippen LogP contribution in [0.4, 0.5) is 9.52 Å². The van der Waals surface area contributed by atoms with Gasteiger partial charge >= 0.3 is 5.97 Å². The lowest BCUT2D eigenvalue weighted by Gasteiger charge is -2.09. The Kier molecular flexibility index (Phi) is 13.3. The number of halogens is 3. The summed E-state index contributed by atoms with van der Waals surface area (Å²) in [6.07, 6.45) is 11.0. The average molecular weight is 622 g/mol. The summed E-state index contributed by atoms with van der Waals surface area (Å²) < 4.78 is 21.0. The number of hydrogen-bond acceptors (Lipinski definition) is 5. The zero-order valence-corrected chi connectivity index (χ0v) is 25.6. The largest absolute Gasteiger partial charge is 0.478 e. The number of unbranched alkanes of at least 4 members (excludes halogenated alkanes) is 7. The molecule has 2 aromatic carbocycles. The number of hydrogen-bond donors (Lipinski definition) is 2. The summed E-state index contributed by atoms with van der Waals surface area (Å²) in [5.41, 5.74) is 1.70. The molecular formula is C31H35Cl2FN2O4S. The first-order chi connectivity index (χ1) is 19.7. The Morgan fingerprint density at radius 1 is 1.07 bits per heavy atom. The molecule has 0 radical (unpaired) electrons. The van der Waals surface area contributed by atoms with Gasteiger partial charge in [-0.05, 0) is 37.6 Å². The molecule has 0 aliphatic heterocycles. The van der Waals surface area contributed by atoms with Crippen LogP contribution in [0.3, 0.4) is 0 Å². The lowest BCUT2D eigenvalue weighted by molar-refractivity contribution is -0.132. The molecule has 2 N–H and O–H groups in total. The summed E-state index contributed by atoms with van der Waals surface area (Å²) >= 11 is 13.7. The van der Waals surface area contributed by atoms with Gasteiger partial charge in [0.25, 0.3) is 5.91 Å². The standard InChI is InChI=1S/C31H35Cl2FN2O4S/c1-3-4-5-6-7-8-9-10-14-40-18-21-12-11-13-23(28(21)34)27-19-41-31(35-27)36-29(37)22-16-25(32)24(26(33)17-22)15-20(2)30(38)39/h11-13,15-17,19H,3-10,14,18H2,1-2H3,(H,38,39)(H,35,36,37). The minimum atomic E-state index is -1.10. The fourth-order valence-corrected chi connectivity index (χ4v) is 5.47. The normalized spacial score (nSPS) is 11.6. The smallest absolute Gasteiger partial charge is 0.331 e. The van der Waals surface area contributed by atoms with E-state index in [2.05, 4.69) is 17.2 Å². The van der Waals surface area contributed by atoms with Gasteiger partial charge in [-0.3, -0.25) is 10.1 Å². The van der Waals surface area contributed by atoms with Crippen LogP contribution in [0.2, 0.25) is 10.0 Å². The van der Waals surface area contributed by atoms with Crippen LogP contribution in [0.25, 0.3) is 17.3 Å². The van der Waals surface area contributed by atoms with Gasteiger partial charge in [-0.15, -0.1) is 11.3 Å². The highest BCUT2D eigenvalue weighted by Gasteiger charge is 2.17. The van der Waals surface area contributed by atoms with Gasteiger partial charge in [-0.2, -0.15) is 0 Å². The van der Waals surface area contributed by atoms with Gasteiger partial charge < -0.3 is 9.84 Å². The Balaban J connectivity index is 1.57. The van der Waals surface area contributed by atoms with E-state index in [9.17, 15) is 9.59 Å². The minimum absolute atomic E-state index is 0.0488. The lowest BCUT2D eigenvalue weighted by atomic mass is 10.1. The van der Waals surface area contributed by atoms with Crippen molar-refractivity contribution >= 4 is 57.6 Å². The molecule has 10 heteroatoms. The van der Waals surface area contributed by atoms with E-state index in [1.807, 2.05) is 0 Å². The molecule has 1 amide bonds. The molecule has 0 saturated carbocycles. The monoisotopic (exact) mass is 620 g/mol. The number of amides is 1. The van der Waals surface area contributed by atoms with Crippen molar-refractivity contribution in [2.24, 2.45) is 0 Å². The Labute approximate surface area is 254 Å². The molecular weight excluding hydrogens is 586 g/mol. The molecule has 0 saturated heterocycles. The second-order valence-corrected chi connectivity index (χ2v) is 11.5. The quantitative estimate of drug-likeness (QED) is 0.123. The minimum Gasteiger partial charge on any atom is -0.478 e. The fraction of sp³-hybridized carbons (Fsp3) is 0.387. The number of nitrogens with one attached hydrogen (secondary N) is 1. The molecule has 0 unspecified atom stereocenters. The maximum atomic E-state index is 15.3. The van der Waals surface area contributed by atoms with Gasteiger partial charge in [-0.1, -0.05) is 87.2 Å². The third-order valence-corrected chi connectivity index (χ3v) is 7.90. The summed E-state index contributed by atoms with van der Waals surface area (Å²) in [5, 5.41) is 14.0. The van der Waals surface area contributed by atoms with E-state index in [-0.39, 0.29) is 32.9 Å². The van der Waals surface area contributed by atoms with Gasteiger partial charge in [0.2, 0.25) is 0 Å². The van der Waals surface area contributed by atoms with Gasteiger partial charge in [0.15, 0.2) is 5.13 Å².